The van der Waals surface area contributed by atoms with Gasteiger partial charge >= 0.3 is 0 Å². The molecule has 0 N–H and O–H groups in total. The van der Waals surface area contributed by atoms with E-state index >= 15 is 0 Å². The van der Waals surface area contributed by atoms with Crippen LogP contribution >= 0.6 is 0 Å². The summed E-state index contributed by atoms with van der Waals surface area (Å²) in [5.74, 6) is 2.02. The van der Waals surface area contributed by atoms with Crippen LogP contribution in [-0.4, -0.2) is 0 Å². The van der Waals surface area contributed by atoms with Crippen LogP contribution in [0.2, 0.25) is 0 Å². The Bertz CT molecular complexity index is 58.4. The lowest BCUT2D eigenvalue weighted by atomic mass is 9.98. The van der Waals surface area contributed by atoms with Crippen LogP contribution in [0, 0.1) is 18.8 Å². The Labute approximate surface area is 52.3 Å². The summed E-state index contributed by atoms with van der Waals surface area (Å²) in [6.07, 6.45) is 5.46. The second-order valence-electron chi connectivity index (χ2n) is 2.79. The van der Waals surface area contributed by atoms with Gasteiger partial charge in [0.15, 0.2) is 0 Å². The van der Waals surface area contributed by atoms with E-state index in [2.05, 4.69) is 13.8 Å². The molecule has 1 atom stereocenters. The fourth-order valence-corrected chi connectivity index (χ4v) is 1.34. The van der Waals surface area contributed by atoms with Crippen molar-refractivity contribution >= 4 is 0 Å². The van der Waals surface area contributed by atoms with Gasteiger partial charge in [0.05, 0.1) is 0 Å². The van der Waals surface area contributed by atoms with E-state index in [9.17, 15) is 0 Å². The van der Waals surface area contributed by atoms with Gasteiger partial charge in [-0.15, -0.1) is 0 Å². The molecule has 1 fully saturated rings. The fourth-order valence-electron chi connectivity index (χ4n) is 1.34. The van der Waals surface area contributed by atoms with Crippen molar-refractivity contribution in [3.63, 3.8) is 0 Å². The third-order valence-electron chi connectivity index (χ3n) is 2.18. The SMILES string of the molecule is [CH2]CC(CC)C1CC1. The van der Waals surface area contributed by atoms with Gasteiger partial charge in [0, 0.05) is 0 Å². The molecule has 0 nitrogen and oxygen atoms in total. The van der Waals surface area contributed by atoms with Crippen molar-refractivity contribution in [1.82, 2.24) is 0 Å². The highest BCUT2D eigenvalue weighted by Crippen LogP contribution is 2.39. The first kappa shape index (κ1) is 6.12. The average molecular weight is 111 g/mol. The van der Waals surface area contributed by atoms with Crippen molar-refractivity contribution in [3.8, 4) is 0 Å². The third kappa shape index (κ3) is 1.24. The Morgan fingerprint density at radius 3 is 2.38 bits per heavy atom. The Morgan fingerprint density at radius 1 is 1.62 bits per heavy atom. The molecular formula is C8H15. The monoisotopic (exact) mass is 111 g/mol. The molecule has 0 heterocycles. The van der Waals surface area contributed by atoms with E-state index in [1.54, 1.807) is 0 Å². The summed E-state index contributed by atoms with van der Waals surface area (Å²) in [4.78, 5) is 0. The molecule has 0 saturated heterocycles. The summed E-state index contributed by atoms with van der Waals surface area (Å²) < 4.78 is 0. The minimum atomic E-state index is 0.954. The second-order valence-corrected chi connectivity index (χ2v) is 2.79. The van der Waals surface area contributed by atoms with Crippen molar-refractivity contribution in [3.05, 3.63) is 6.92 Å². The smallest absolute Gasteiger partial charge is 0.0386 e. The Balaban J connectivity index is 2.15. The molecule has 0 spiro atoms. The van der Waals surface area contributed by atoms with Crippen LogP contribution in [0.4, 0.5) is 0 Å². The summed E-state index contributed by atoms with van der Waals surface area (Å²) in [5.41, 5.74) is 0. The maximum absolute atomic E-state index is 3.92. The maximum Gasteiger partial charge on any atom is -0.0386 e. The van der Waals surface area contributed by atoms with E-state index in [0.717, 1.165) is 18.3 Å². The lowest BCUT2D eigenvalue weighted by molar-refractivity contribution is 0.452. The first-order valence-electron chi connectivity index (χ1n) is 3.67. The zero-order valence-electron chi connectivity index (χ0n) is 5.69. The van der Waals surface area contributed by atoms with Crippen LogP contribution in [-0.2, 0) is 0 Å². The van der Waals surface area contributed by atoms with Crippen LogP contribution in [0.1, 0.15) is 32.6 Å². The van der Waals surface area contributed by atoms with Gasteiger partial charge in [-0.1, -0.05) is 26.7 Å². The molecule has 0 aromatic rings. The van der Waals surface area contributed by atoms with Crippen molar-refractivity contribution in [2.24, 2.45) is 11.8 Å². The minimum Gasteiger partial charge on any atom is -0.0651 e. The molecule has 0 aliphatic heterocycles. The summed E-state index contributed by atoms with van der Waals surface area (Å²) in [6, 6.07) is 0. The lowest BCUT2D eigenvalue weighted by Crippen LogP contribution is -1.97. The Morgan fingerprint density at radius 2 is 2.25 bits per heavy atom. The lowest BCUT2D eigenvalue weighted by Gasteiger charge is -2.07. The Hall–Kier alpha value is 0. The maximum atomic E-state index is 3.92. The van der Waals surface area contributed by atoms with Gasteiger partial charge in [-0.05, 0) is 24.7 Å². The molecule has 47 valence electrons. The molecular weight excluding hydrogens is 96.1 g/mol. The molecule has 1 aliphatic rings. The van der Waals surface area contributed by atoms with Crippen molar-refractivity contribution < 1.29 is 0 Å². The zero-order chi connectivity index (χ0) is 5.98. The number of rotatable bonds is 3. The summed E-state index contributed by atoms with van der Waals surface area (Å²) in [6.45, 7) is 6.19. The van der Waals surface area contributed by atoms with E-state index in [4.69, 9.17) is 0 Å². The van der Waals surface area contributed by atoms with Gasteiger partial charge in [-0.25, -0.2) is 0 Å². The highest BCUT2D eigenvalue weighted by molar-refractivity contribution is 4.80. The van der Waals surface area contributed by atoms with Crippen molar-refractivity contribution in [2.45, 2.75) is 32.6 Å². The van der Waals surface area contributed by atoms with E-state index in [1.807, 2.05) is 0 Å². The van der Waals surface area contributed by atoms with Gasteiger partial charge in [0.2, 0.25) is 0 Å². The predicted molar refractivity (Wildman–Crippen MR) is 36.5 cm³/mol. The molecule has 0 aromatic carbocycles. The zero-order valence-corrected chi connectivity index (χ0v) is 5.69. The third-order valence-corrected chi connectivity index (χ3v) is 2.18. The van der Waals surface area contributed by atoms with Gasteiger partial charge in [-0.3, -0.25) is 0 Å². The second kappa shape index (κ2) is 2.52. The van der Waals surface area contributed by atoms with Crippen LogP contribution in [0.5, 0.6) is 0 Å². The largest absolute Gasteiger partial charge is 0.0651 e. The molecule has 0 heteroatoms. The molecule has 1 radical (unpaired) electrons. The van der Waals surface area contributed by atoms with Crippen LogP contribution in [0.3, 0.4) is 0 Å². The highest BCUT2D eigenvalue weighted by atomic mass is 14.3. The Kier molecular flexibility index (Phi) is 1.93. The van der Waals surface area contributed by atoms with E-state index in [1.165, 1.54) is 19.3 Å². The van der Waals surface area contributed by atoms with Crippen molar-refractivity contribution in [2.75, 3.05) is 0 Å². The molecule has 8 heavy (non-hydrogen) atoms. The standard InChI is InChI=1S/C8H15/c1-3-7(4-2)8-5-6-8/h7-8H,1,3-6H2,2H3. The van der Waals surface area contributed by atoms with E-state index in [-0.39, 0.29) is 0 Å². The van der Waals surface area contributed by atoms with Crippen LogP contribution < -0.4 is 0 Å². The first-order valence-corrected chi connectivity index (χ1v) is 3.67. The molecule has 1 saturated carbocycles. The summed E-state index contributed by atoms with van der Waals surface area (Å²) in [5, 5.41) is 0. The first-order chi connectivity index (χ1) is 3.88. The van der Waals surface area contributed by atoms with E-state index in [0.29, 0.717) is 0 Å². The molecule has 0 amide bonds. The normalized spacial score (nSPS) is 19.9. The molecule has 0 aromatic heterocycles. The van der Waals surface area contributed by atoms with Crippen LogP contribution in [0.15, 0.2) is 0 Å². The highest BCUT2D eigenvalue weighted by Gasteiger charge is 2.27. The predicted octanol–water partition coefficient (Wildman–Crippen LogP) is 2.65. The number of hydrogen-bond donors (Lipinski definition) is 0. The van der Waals surface area contributed by atoms with Gasteiger partial charge in [0.25, 0.3) is 0 Å². The fraction of sp³-hybridized carbons (Fsp3) is 0.875. The summed E-state index contributed by atoms with van der Waals surface area (Å²) >= 11 is 0. The quantitative estimate of drug-likeness (QED) is 0.525. The molecule has 1 aliphatic carbocycles. The number of hydrogen-bond acceptors (Lipinski definition) is 0. The van der Waals surface area contributed by atoms with Gasteiger partial charge < -0.3 is 0 Å². The van der Waals surface area contributed by atoms with Crippen LogP contribution in [0.25, 0.3) is 0 Å². The topological polar surface area (TPSA) is 0 Å². The average Bonchev–Trinajstić information content (AvgIpc) is 2.53. The molecule has 1 rings (SSSR count). The van der Waals surface area contributed by atoms with Gasteiger partial charge in [-0.2, -0.15) is 0 Å². The summed E-state index contributed by atoms with van der Waals surface area (Å²) in [7, 11) is 0. The van der Waals surface area contributed by atoms with Gasteiger partial charge in [0.1, 0.15) is 0 Å². The minimum absolute atomic E-state index is 0.954. The molecule has 1 unspecified atom stereocenters. The van der Waals surface area contributed by atoms with E-state index < -0.39 is 0 Å². The van der Waals surface area contributed by atoms with Crippen molar-refractivity contribution in [1.29, 1.82) is 0 Å². The molecule has 0 bridgehead atoms.